The van der Waals surface area contributed by atoms with Crippen molar-refractivity contribution in [2.75, 3.05) is 0 Å². The summed E-state index contributed by atoms with van der Waals surface area (Å²) in [5.74, 6) is 0.173. The van der Waals surface area contributed by atoms with E-state index in [2.05, 4.69) is 4.98 Å². The number of hydrogen-bond acceptors (Lipinski definition) is 6. The molecule has 0 atom stereocenters. The van der Waals surface area contributed by atoms with Crippen molar-refractivity contribution in [3.8, 4) is 11.1 Å². The van der Waals surface area contributed by atoms with Crippen LogP contribution in [0.15, 0.2) is 89.0 Å². The molecule has 0 saturated carbocycles. The molecule has 0 unspecified atom stereocenters. The fourth-order valence-corrected chi connectivity index (χ4v) is 5.64. The summed E-state index contributed by atoms with van der Waals surface area (Å²) in [7, 11) is 0. The number of fused-ring (bicyclic) bond motifs is 4. The van der Waals surface area contributed by atoms with Crippen LogP contribution in [0.2, 0.25) is 0 Å². The van der Waals surface area contributed by atoms with E-state index < -0.39 is 4.92 Å². The SMILES string of the molecule is O=c1nc2n(c3scc(-c4ccccc4)c13)Cc1ccccc1C2=C(O)c1cccc([N+](=O)[O-])c1. The molecule has 5 aromatic rings. The Morgan fingerprint density at radius 2 is 1.77 bits per heavy atom. The molecular weight excluding hydrogens is 462 g/mol. The smallest absolute Gasteiger partial charge is 0.282 e. The molecule has 1 aliphatic rings. The van der Waals surface area contributed by atoms with Gasteiger partial charge in [-0.15, -0.1) is 11.3 Å². The number of nitrogens with zero attached hydrogens (tertiary/aromatic N) is 3. The molecule has 35 heavy (non-hydrogen) atoms. The van der Waals surface area contributed by atoms with E-state index in [4.69, 9.17) is 0 Å². The Morgan fingerprint density at radius 1 is 1.00 bits per heavy atom. The van der Waals surface area contributed by atoms with Crippen molar-refractivity contribution in [3.63, 3.8) is 0 Å². The standard InChI is InChI=1S/C27H17N3O4S/c31-24(17-10-6-11-19(13-17)30(33)34)22-20-12-5-4-9-18(20)14-29-25(22)28-26(32)23-21(15-35-27(23)29)16-7-2-1-3-8-16/h1-13,15,31H,14H2. The van der Waals surface area contributed by atoms with E-state index in [9.17, 15) is 20.0 Å². The lowest BCUT2D eigenvalue weighted by Crippen LogP contribution is -2.23. The summed E-state index contributed by atoms with van der Waals surface area (Å²) < 4.78 is 1.94. The monoisotopic (exact) mass is 479 g/mol. The van der Waals surface area contributed by atoms with Crippen LogP contribution in [0.4, 0.5) is 5.69 Å². The van der Waals surface area contributed by atoms with Crippen LogP contribution < -0.4 is 5.56 Å². The average molecular weight is 480 g/mol. The number of aliphatic hydroxyl groups is 1. The summed E-state index contributed by atoms with van der Waals surface area (Å²) in [6.45, 7) is 0.482. The van der Waals surface area contributed by atoms with E-state index in [-0.39, 0.29) is 22.6 Å². The first-order valence-corrected chi connectivity index (χ1v) is 11.7. The molecule has 0 bridgehead atoms. The molecule has 170 valence electrons. The van der Waals surface area contributed by atoms with Crippen molar-refractivity contribution < 1.29 is 10.0 Å². The fraction of sp³-hybridized carbons (Fsp3) is 0.0370. The third-order valence-electron chi connectivity index (χ3n) is 6.18. The van der Waals surface area contributed by atoms with E-state index in [0.717, 1.165) is 27.1 Å². The van der Waals surface area contributed by atoms with E-state index in [1.165, 1.54) is 29.5 Å². The summed E-state index contributed by atoms with van der Waals surface area (Å²) in [6.07, 6.45) is 0. The van der Waals surface area contributed by atoms with Gasteiger partial charge in [0.05, 0.1) is 22.4 Å². The quantitative estimate of drug-likeness (QED) is 0.194. The second-order valence-electron chi connectivity index (χ2n) is 8.21. The Bertz CT molecular complexity index is 1730. The Labute approximate surface area is 203 Å². The Kier molecular flexibility index (Phi) is 4.82. The van der Waals surface area contributed by atoms with Gasteiger partial charge in [0.1, 0.15) is 16.4 Å². The number of nitro benzene ring substituents is 1. The maximum Gasteiger partial charge on any atom is 0.282 e. The highest BCUT2D eigenvalue weighted by atomic mass is 32.1. The molecule has 1 aliphatic heterocycles. The number of rotatable bonds is 3. The van der Waals surface area contributed by atoms with E-state index in [1.807, 2.05) is 64.5 Å². The van der Waals surface area contributed by atoms with Gasteiger partial charge in [0.2, 0.25) is 0 Å². The maximum absolute atomic E-state index is 13.4. The number of hydrogen-bond donors (Lipinski definition) is 1. The second kappa shape index (κ2) is 8.03. The summed E-state index contributed by atoms with van der Waals surface area (Å²) in [5, 5.41) is 25.2. The molecule has 0 radical (unpaired) electrons. The van der Waals surface area contributed by atoms with Crippen LogP contribution in [0.25, 0.3) is 32.7 Å². The fourth-order valence-electron chi connectivity index (χ4n) is 4.57. The lowest BCUT2D eigenvalue weighted by Gasteiger charge is -2.25. The van der Waals surface area contributed by atoms with Gasteiger partial charge in [0, 0.05) is 28.6 Å². The van der Waals surface area contributed by atoms with Crippen LogP contribution in [0.5, 0.6) is 0 Å². The van der Waals surface area contributed by atoms with Gasteiger partial charge in [-0.1, -0.05) is 66.7 Å². The molecule has 2 aromatic heterocycles. The molecule has 6 rings (SSSR count). The van der Waals surface area contributed by atoms with Gasteiger partial charge < -0.3 is 9.67 Å². The van der Waals surface area contributed by atoms with E-state index in [0.29, 0.717) is 23.3 Å². The third-order valence-corrected chi connectivity index (χ3v) is 7.19. The lowest BCUT2D eigenvalue weighted by atomic mass is 9.92. The van der Waals surface area contributed by atoms with Crippen molar-refractivity contribution >= 4 is 38.6 Å². The number of benzene rings is 3. The van der Waals surface area contributed by atoms with Crippen molar-refractivity contribution in [1.29, 1.82) is 0 Å². The molecular formula is C27H17N3O4S. The van der Waals surface area contributed by atoms with Crippen molar-refractivity contribution in [1.82, 2.24) is 9.55 Å². The predicted molar refractivity (Wildman–Crippen MR) is 137 cm³/mol. The predicted octanol–water partition coefficient (Wildman–Crippen LogP) is 5.87. The molecule has 3 aromatic carbocycles. The molecule has 7 nitrogen and oxygen atoms in total. The maximum atomic E-state index is 13.4. The van der Waals surface area contributed by atoms with Crippen LogP contribution in [-0.4, -0.2) is 19.6 Å². The van der Waals surface area contributed by atoms with Crippen LogP contribution >= 0.6 is 11.3 Å². The zero-order valence-corrected chi connectivity index (χ0v) is 19.0. The second-order valence-corrected chi connectivity index (χ2v) is 9.07. The van der Waals surface area contributed by atoms with Gasteiger partial charge in [-0.25, -0.2) is 0 Å². The van der Waals surface area contributed by atoms with Gasteiger partial charge in [-0.2, -0.15) is 4.98 Å². The highest BCUT2D eigenvalue weighted by molar-refractivity contribution is 7.17. The topological polar surface area (TPSA) is 98.3 Å². The molecule has 0 spiro atoms. The number of nitro groups is 1. The van der Waals surface area contributed by atoms with Crippen LogP contribution in [0.3, 0.4) is 0 Å². The minimum Gasteiger partial charge on any atom is -0.507 e. The minimum atomic E-state index is -0.507. The third kappa shape index (κ3) is 3.34. The summed E-state index contributed by atoms with van der Waals surface area (Å²) in [6, 6.07) is 23.1. The average Bonchev–Trinajstić information content (AvgIpc) is 3.34. The summed E-state index contributed by atoms with van der Waals surface area (Å²) >= 11 is 1.46. The molecule has 0 fully saturated rings. The highest BCUT2D eigenvalue weighted by Crippen LogP contribution is 2.40. The van der Waals surface area contributed by atoms with Gasteiger partial charge in [-0.05, 0) is 16.7 Å². The number of aromatic nitrogens is 2. The van der Waals surface area contributed by atoms with Gasteiger partial charge in [0.15, 0.2) is 0 Å². The molecule has 0 saturated heterocycles. The summed E-state index contributed by atoms with van der Waals surface area (Å²) in [4.78, 5) is 29.4. The lowest BCUT2D eigenvalue weighted by molar-refractivity contribution is -0.384. The minimum absolute atomic E-state index is 0.134. The molecule has 3 heterocycles. The highest BCUT2D eigenvalue weighted by Gasteiger charge is 2.28. The van der Waals surface area contributed by atoms with Crippen molar-refractivity contribution in [3.05, 3.63) is 127 Å². The Hall–Kier alpha value is -4.56. The first-order valence-electron chi connectivity index (χ1n) is 10.9. The Balaban J connectivity index is 1.66. The van der Waals surface area contributed by atoms with Crippen molar-refractivity contribution in [2.45, 2.75) is 6.54 Å². The molecule has 0 amide bonds. The summed E-state index contributed by atoms with van der Waals surface area (Å²) in [5.41, 5.74) is 3.59. The zero-order chi connectivity index (χ0) is 24.1. The van der Waals surface area contributed by atoms with Crippen LogP contribution in [0.1, 0.15) is 22.5 Å². The normalized spacial score (nSPS) is 13.8. The van der Waals surface area contributed by atoms with E-state index in [1.54, 1.807) is 6.07 Å². The van der Waals surface area contributed by atoms with Crippen LogP contribution in [-0.2, 0) is 6.54 Å². The number of aliphatic hydroxyl groups excluding tert-OH is 1. The first-order chi connectivity index (χ1) is 17.0. The number of thiophene rings is 1. The van der Waals surface area contributed by atoms with E-state index >= 15 is 0 Å². The van der Waals surface area contributed by atoms with Gasteiger partial charge >= 0.3 is 0 Å². The van der Waals surface area contributed by atoms with Crippen LogP contribution in [0, 0.1) is 10.1 Å². The Morgan fingerprint density at radius 3 is 2.57 bits per heavy atom. The van der Waals surface area contributed by atoms with Crippen molar-refractivity contribution in [2.24, 2.45) is 0 Å². The largest absolute Gasteiger partial charge is 0.507 e. The first kappa shape index (κ1) is 21.0. The number of non-ortho nitro benzene ring substituents is 1. The van der Waals surface area contributed by atoms with Gasteiger partial charge in [0.25, 0.3) is 11.2 Å². The molecule has 8 heteroatoms. The zero-order valence-electron chi connectivity index (χ0n) is 18.2. The molecule has 1 N–H and O–H groups in total. The molecule has 0 aliphatic carbocycles. The van der Waals surface area contributed by atoms with Gasteiger partial charge in [-0.3, -0.25) is 14.9 Å².